The predicted molar refractivity (Wildman–Crippen MR) is 127 cm³/mol. The number of nitrogens with zero attached hydrogens (tertiary/aromatic N) is 2. The SMILES string of the molecule is CC(C)NC(=O)C1CCC(CN2C(=O)C3SC=CC3N(Cc3ccccc3Cl)C2=O)CC1. The number of urea groups is 1. The van der Waals surface area contributed by atoms with Crippen LogP contribution in [0.3, 0.4) is 0 Å². The van der Waals surface area contributed by atoms with Crippen LogP contribution >= 0.6 is 23.4 Å². The van der Waals surface area contributed by atoms with Crippen molar-refractivity contribution in [3.63, 3.8) is 0 Å². The maximum atomic E-state index is 13.4. The number of rotatable bonds is 6. The molecule has 2 aliphatic heterocycles. The Balaban J connectivity index is 1.43. The standard InChI is InChI=1S/C24H30ClN3O3S/c1-15(2)26-22(29)17-9-7-16(8-10-17)13-28-23(30)21-20(11-12-32-21)27(24(28)31)14-18-5-3-4-6-19(18)25/h3-6,11-12,15-17,20-21H,7-10,13-14H2,1-2H3,(H,26,29). The molecule has 6 nitrogen and oxygen atoms in total. The number of nitrogens with one attached hydrogen (secondary N) is 1. The summed E-state index contributed by atoms with van der Waals surface area (Å²) in [5.74, 6) is 0.261. The van der Waals surface area contributed by atoms with E-state index < -0.39 is 0 Å². The molecule has 0 aromatic heterocycles. The van der Waals surface area contributed by atoms with Crippen molar-refractivity contribution in [3.8, 4) is 0 Å². The van der Waals surface area contributed by atoms with Gasteiger partial charge in [-0.3, -0.25) is 14.5 Å². The van der Waals surface area contributed by atoms with Crippen LogP contribution in [0.2, 0.25) is 5.02 Å². The highest BCUT2D eigenvalue weighted by Gasteiger charge is 2.47. The number of imide groups is 1. The largest absolute Gasteiger partial charge is 0.354 e. The summed E-state index contributed by atoms with van der Waals surface area (Å²) in [5, 5.41) is 5.23. The Hall–Kier alpha value is -1.99. The van der Waals surface area contributed by atoms with Crippen LogP contribution in [0, 0.1) is 11.8 Å². The minimum atomic E-state index is -0.302. The van der Waals surface area contributed by atoms with E-state index in [2.05, 4.69) is 5.32 Å². The van der Waals surface area contributed by atoms with Gasteiger partial charge < -0.3 is 10.2 Å². The number of fused-ring (bicyclic) bond motifs is 1. The van der Waals surface area contributed by atoms with E-state index in [0.29, 0.717) is 18.1 Å². The minimum absolute atomic E-state index is 0.0251. The van der Waals surface area contributed by atoms with E-state index in [9.17, 15) is 14.4 Å². The molecule has 1 aromatic rings. The molecule has 1 aliphatic carbocycles. The van der Waals surface area contributed by atoms with Gasteiger partial charge in [0.2, 0.25) is 11.8 Å². The lowest BCUT2D eigenvalue weighted by Gasteiger charge is -2.43. The van der Waals surface area contributed by atoms with Gasteiger partial charge in [-0.05, 0) is 62.5 Å². The third-order valence-electron chi connectivity index (χ3n) is 6.54. The van der Waals surface area contributed by atoms with Gasteiger partial charge in [0.25, 0.3) is 0 Å². The van der Waals surface area contributed by atoms with Crippen LogP contribution in [0.5, 0.6) is 0 Å². The predicted octanol–water partition coefficient (Wildman–Crippen LogP) is 4.43. The Labute approximate surface area is 198 Å². The number of thioether (sulfide) groups is 1. The normalized spacial score (nSPS) is 27.8. The van der Waals surface area contributed by atoms with Crippen LogP contribution < -0.4 is 5.32 Å². The molecule has 3 aliphatic rings. The lowest BCUT2D eigenvalue weighted by molar-refractivity contribution is -0.132. The maximum Gasteiger partial charge on any atom is 0.327 e. The Morgan fingerprint density at radius 1 is 1.19 bits per heavy atom. The van der Waals surface area contributed by atoms with Gasteiger partial charge in [-0.25, -0.2) is 4.79 Å². The quantitative estimate of drug-likeness (QED) is 0.660. The number of benzene rings is 1. The highest BCUT2D eigenvalue weighted by molar-refractivity contribution is 8.03. The average Bonchev–Trinajstić information content (AvgIpc) is 3.25. The summed E-state index contributed by atoms with van der Waals surface area (Å²) in [6, 6.07) is 7.15. The zero-order chi connectivity index (χ0) is 22.8. The zero-order valence-electron chi connectivity index (χ0n) is 18.5. The molecular weight excluding hydrogens is 446 g/mol. The van der Waals surface area contributed by atoms with E-state index in [1.54, 1.807) is 4.90 Å². The van der Waals surface area contributed by atoms with Crippen molar-refractivity contribution in [2.24, 2.45) is 11.8 Å². The maximum absolute atomic E-state index is 13.4. The van der Waals surface area contributed by atoms with Gasteiger partial charge in [-0.15, -0.1) is 11.8 Å². The van der Waals surface area contributed by atoms with E-state index in [1.165, 1.54) is 16.7 Å². The summed E-state index contributed by atoms with van der Waals surface area (Å²) < 4.78 is 0. The Kier molecular flexibility index (Phi) is 7.15. The first kappa shape index (κ1) is 23.2. The van der Waals surface area contributed by atoms with Crippen LogP contribution in [0.25, 0.3) is 0 Å². The van der Waals surface area contributed by atoms with Gasteiger partial charge >= 0.3 is 6.03 Å². The summed E-state index contributed by atoms with van der Waals surface area (Å²) in [6.45, 7) is 4.72. The lowest BCUT2D eigenvalue weighted by atomic mass is 9.81. The van der Waals surface area contributed by atoms with Gasteiger partial charge in [0.1, 0.15) is 5.25 Å². The van der Waals surface area contributed by atoms with E-state index in [1.807, 2.05) is 49.6 Å². The molecule has 2 unspecified atom stereocenters. The Morgan fingerprint density at radius 3 is 2.59 bits per heavy atom. The number of hydrogen-bond donors (Lipinski definition) is 1. The molecule has 2 atom stereocenters. The molecule has 1 saturated heterocycles. The monoisotopic (exact) mass is 475 g/mol. The van der Waals surface area contributed by atoms with E-state index in [-0.39, 0.29) is 47.0 Å². The molecule has 0 spiro atoms. The summed E-state index contributed by atoms with van der Waals surface area (Å²) in [5.41, 5.74) is 0.873. The number of halogens is 1. The molecule has 4 amide bonds. The zero-order valence-corrected chi connectivity index (χ0v) is 20.1. The first-order valence-electron chi connectivity index (χ1n) is 11.3. The molecule has 2 fully saturated rings. The van der Waals surface area contributed by atoms with Crippen molar-refractivity contribution >= 4 is 41.2 Å². The molecular formula is C24H30ClN3O3S. The second kappa shape index (κ2) is 9.87. The number of hydrogen-bond acceptors (Lipinski definition) is 4. The smallest absolute Gasteiger partial charge is 0.327 e. The summed E-state index contributed by atoms with van der Waals surface area (Å²) in [4.78, 5) is 42.2. The van der Waals surface area contributed by atoms with Crippen LogP contribution in [0.4, 0.5) is 4.79 Å². The van der Waals surface area contributed by atoms with Crippen molar-refractivity contribution in [1.29, 1.82) is 0 Å². The number of carbonyl (C=O) groups excluding carboxylic acids is 3. The van der Waals surface area contributed by atoms with Crippen LogP contribution in [-0.2, 0) is 16.1 Å². The van der Waals surface area contributed by atoms with Crippen molar-refractivity contribution in [2.45, 2.75) is 63.4 Å². The highest BCUT2D eigenvalue weighted by Crippen LogP contribution is 2.37. The van der Waals surface area contributed by atoms with E-state index in [0.717, 1.165) is 31.2 Å². The van der Waals surface area contributed by atoms with Crippen molar-refractivity contribution in [3.05, 3.63) is 46.3 Å². The Bertz CT molecular complexity index is 914. The molecule has 2 heterocycles. The molecule has 4 rings (SSSR count). The highest BCUT2D eigenvalue weighted by atomic mass is 35.5. The first-order chi connectivity index (χ1) is 15.3. The third kappa shape index (κ3) is 4.84. The fraction of sp³-hybridized carbons (Fsp3) is 0.542. The topological polar surface area (TPSA) is 69.7 Å². The fourth-order valence-corrected chi connectivity index (χ4v) is 6.07. The average molecular weight is 476 g/mol. The Morgan fingerprint density at radius 2 is 1.91 bits per heavy atom. The lowest BCUT2D eigenvalue weighted by Crippen LogP contribution is -2.62. The van der Waals surface area contributed by atoms with Gasteiger partial charge in [-0.2, -0.15) is 0 Å². The molecule has 1 N–H and O–H groups in total. The molecule has 8 heteroatoms. The van der Waals surface area contributed by atoms with Crippen molar-refractivity contribution in [1.82, 2.24) is 15.1 Å². The minimum Gasteiger partial charge on any atom is -0.354 e. The molecule has 1 aromatic carbocycles. The second-order valence-corrected chi connectivity index (χ2v) is 10.7. The second-order valence-electron chi connectivity index (χ2n) is 9.21. The van der Waals surface area contributed by atoms with Crippen LogP contribution in [0.15, 0.2) is 35.7 Å². The van der Waals surface area contributed by atoms with Crippen LogP contribution in [0.1, 0.15) is 45.1 Å². The summed E-state index contributed by atoms with van der Waals surface area (Å²) >= 11 is 7.83. The van der Waals surface area contributed by atoms with Crippen LogP contribution in [-0.4, -0.2) is 51.5 Å². The van der Waals surface area contributed by atoms with Gasteiger partial charge in [0.15, 0.2) is 0 Å². The molecule has 0 bridgehead atoms. The summed E-state index contributed by atoms with van der Waals surface area (Å²) in [7, 11) is 0. The fourth-order valence-electron chi connectivity index (χ4n) is 4.81. The molecule has 172 valence electrons. The van der Waals surface area contributed by atoms with E-state index >= 15 is 0 Å². The molecule has 32 heavy (non-hydrogen) atoms. The summed E-state index contributed by atoms with van der Waals surface area (Å²) in [6.07, 6.45) is 5.22. The van der Waals surface area contributed by atoms with Gasteiger partial charge in [0.05, 0.1) is 6.04 Å². The van der Waals surface area contributed by atoms with Crippen molar-refractivity contribution in [2.75, 3.05) is 6.54 Å². The molecule has 1 saturated carbocycles. The third-order valence-corrected chi connectivity index (χ3v) is 8.00. The van der Waals surface area contributed by atoms with Crippen molar-refractivity contribution < 1.29 is 14.4 Å². The van der Waals surface area contributed by atoms with Gasteiger partial charge in [-0.1, -0.05) is 35.9 Å². The van der Waals surface area contributed by atoms with Gasteiger partial charge in [0, 0.05) is 30.1 Å². The number of carbonyl (C=O) groups is 3. The van der Waals surface area contributed by atoms with E-state index in [4.69, 9.17) is 11.6 Å². The number of amides is 4. The molecule has 0 radical (unpaired) electrons. The first-order valence-corrected chi connectivity index (χ1v) is 12.6.